The van der Waals surface area contributed by atoms with Gasteiger partial charge in [0.2, 0.25) is 0 Å². The maximum atomic E-state index is 10.0. The van der Waals surface area contributed by atoms with Gasteiger partial charge in [0.05, 0.1) is 11.2 Å². The first-order valence-electron chi connectivity index (χ1n) is 22.4. The number of hydrogen-bond donors (Lipinski definition) is 1. The Morgan fingerprint density at radius 1 is 0.596 bits per heavy atom. The van der Waals surface area contributed by atoms with E-state index < -0.39 is 0 Å². The predicted octanol–water partition coefficient (Wildman–Crippen LogP) is 12.7. The van der Waals surface area contributed by atoms with Crippen LogP contribution in [0.15, 0.2) is 109 Å². The van der Waals surface area contributed by atoms with E-state index in [0.29, 0.717) is 0 Å². The average Bonchev–Trinajstić information content (AvgIpc) is 3.94. The van der Waals surface area contributed by atoms with Gasteiger partial charge in [-0.25, -0.2) is 0 Å². The van der Waals surface area contributed by atoms with Crippen LogP contribution in [0, 0.1) is 0 Å². The van der Waals surface area contributed by atoms with Crippen molar-refractivity contribution < 1.29 is 17.1 Å². The van der Waals surface area contributed by atoms with E-state index in [0.717, 1.165) is 57.3 Å². The van der Waals surface area contributed by atoms with E-state index >= 15 is 0 Å². The van der Waals surface area contributed by atoms with Crippen LogP contribution in [0.3, 0.4) is 0 Å². The molecule has 6 nitrogen and oxygen atoms in total. The zero-order valence-corrected chi connectivity index (χ0v) is 35.8. The minimum atomic E-state index is 0. The first-order chi connectivity index (χ1) is 28.0. The molecule has 0 unspecified atom stereocenters. The molecule has 2 aliphatic heterocycles. The van der Waals surface area contributed by atoms with E-state index in [1.807, 2.05) is 70.4 Å². The summed E-state index contributed by atoms with van der Waals surface area (Å²) in [6, 6.07) is 32.7. The standard InChI is InChI=1S/C24H31NO.C16H24N2O.C7H6O.2C2H6.2H2/c1-2-10-21(11-3-1)12-4-6-14-23(22-13-5-9-18-25-22)17-19-26-24(20-23)15-7-8-16-24;17-10-8-15(14-5-1-4-11-18-14)9-12-19-16(13-15)6-2-3-7-16;8-6-7-4-2-1-3-5-7;2*1-2;;/h1-3,5,9-11,13,18H,4,6-8,12,14-17,19-20H2;1,4-5,11H,2-3,6-10,12-13,17H2;1-6H;2*1-2H3;2*1H/t23-;15-;;;;;/m11...../s1. The predicted molar refractivity (Wildman–Crippen MR) is 241 cm³/mol. The summed E-state index contributed by atoms with van der Waals surface area (Å²) >= 11 is 0. The highest BCUT2D eigenvalue weighted by molar-refractivity contribution is 5.74. The number of aryl methyl sites for hydroxylation is 1. The number of aldehydes is 1. The lowest BCUT2D eigenvalue weighted by Crippen LogP contribution is -2.47. The molecule has 2 aromatic heterocycles. The molecule has 0 bridgehead atoms. The number of benzene rings is 2. The van der Waals surface area contributed by atoms with E-state index in [1.54, 1.807) is 12.1 Å². The number of pyridine rings is 2. The number of carbonyl (C=O) groups is 1. The fourth-order valence-electron chi connectivity index (χ4n) is 9.84. The zero-order valence-electron chi connectivity index (χ0n) is 35.8. The molecule has 2 saturated heterocycles. The molecule has 2 aliphatic carbocycles. The third-order valence-electron chi connectivity index (χ3n) is 12.5. The normalized spacial score (nSPS) is 22.6. The van der Waals surface area contributed by atoms with Crippen LogP contribution < -0.4 is 5.73 Å². The summed E-state index contributed by atoms with van der Waals surface area (Å²) in [5.41, 5.74) is 11.2. The fourth-order valence-corrected chi connectivity index (χ4v) is 9.84. The van der Waals surface area contributed by atoms with Crippen LogP contribution >= 0.6 is 0 Å². The van der Waals surface area contributed by atoms with Gasteiger partial charge in [-0.1, -0.05) is 133 Å². The lowest BCUT2D eigenvalue weighted by atomic mass is 9.67. The van der Waals surface area contributed by atoms with Crippen LogP contribution in [0.25, 0.3) is 0 Å². The van der Waals surface area contributed by atoms with Crippen molar-refractivity contribution in [2.75, 3.05) is 19.8 Å². The Balaban J connectivity index is 0.000000319. The molecule has 2 spiro atoms. The first-order valence-corrected chi connectivity index (χ1v) is 22.4. The smallest absolute Gasteiger partial charge is 0.150 e. The molecule has 0 amide bonds. The SMILES string of the molecule is CC.CC.NCC[C@@]1(c2ccccn2)CCOC2(CCCC2)C1.O=Cc1ccccc1.[HH].[HH].c1ccc(CCCC[C@@]2(c3ccccn3)CCOC3(CCCC3)C2)cc1. The van der Waals surface area contributed by atoms with Gasteiger partial charge in [0, 0.05) is 56.2 Å². The Morgan fingerprint density at radius 3 is 1.47 bits per heavy atom. The zero-order chi connectivity index (χ0) is 40.7. The van der Waals surface area contributed by atoms with E-state index in [9.17, 15) is 4.79 Å². The summed E-state index contributed by atoms with van der Waals surface area (Å²) in [5, 5.41) is 0. The highest BCUT2D eigenvalue weighted by atomic mass is 16.5. The molecule has 4 aromatic rings. The van der Waals surface area contributed by atoms with E-state index in [2.05, 4.69) is 59.6 Å². The Hall–Kier alpha value is -3.71. The molecule has 8 rings (SSSR count). The van der Waals surface area contributed by atoms with Gasteiger partial charge in [0.1, 0.15) is 6.29 Å². The summed E-state index contributed by atoms with van der Waals surface area (Å²) < 4.78 is 12.5. The number of nitrogens with two attached hydrogens (primary N) is 1. The molecule has 0 radical (unpaired) electrons. The van der Waals surface area contributed by atoms with Gasteiger partial charge in [-0.2, -0.15) is 0 Å². The van der Waals surface area contributed by atoms with Crippen molar-refractivity contribution >= 4 is 6.29 Å². The Morgan fingerprint density at radius 2 is 1.05 bits per heavy atom. The van der Waals surface area contributed by atoms with E-state index in [-0.39, 0.29) is 24.9 Å². The third-order valence-corrected chi connectivity index (χ3v) is 12.5. The molecule has 314 valence electrons. The minimum absolute atomic E-state index is 0. The molecule has 4 aliphatic rings. The molecule has 2 N–H and O–H groups in total. The average molecular weight is 780 g/mol. The summed E-state index contributed by atoms with van der Waals surface area (Å²) in [4.78, 5) is 19.5. The van der Waals surface area contributed by atoms with Crippen molar-refractivity contribution in [3.63, 3.8) is 0 Å². The van der Waals surface area contributed by atoms with Crippen molar-refractivity contribution in [1.29, 1.82) is 0 Å². The monoisotopic (exact) mass is 780 g/mol. The molecular weight excluding hydrogens is 703 g/mol. The Kier molecular flexibility index (Phi) is 19.6. The van der Waals surface area contributed by atoms with Crippen molar-refractivity contribution in [1.82, 2.24) is 9.97 Å². The minimum Gasteiger partial charge on any atom is -0.375 e. The number of aromatic nitrogens is 2. The molecule has 4 fully saturated rings. The molecule has 2 atom stereocenters. The summed E-state index contributed by atoms with van der Waals surface area (Å²) in [6.07, 6.45) is 25.3. The topological polar surface area (TPSA) is 87.3 Å². The van der Waals surface area contributed by atoms with Gasteiger partial charge in [-0.15, -0.1) is 0 Å². The van der Waals surface area contributed by atoms with Crippen molar-refractivity contribution in [3.05, 3.63) is 132 Å². The van der Waals surface area contributed by atoms with Gasteiger partial charge < -0.3 is 15.2 Å². The van der Waals surface area contributed by atoms with Crippen LogP contribution in [-0.2, 0) is 26.7 Å². The second-order valence-corrected chi connectivity index (χ2v) is 16.1. The van der Waals surface area contributed by atoms with Crippen LogP contribution in [-0.4, -0.2) is 47.2 Å². The number of ether oxygens (including phenoxy) is 2. The fraction of sp³-hybridized carbons (Fsp3) is 0.549. The second-order valence-electron chi connectivity index (χ2n) is 16.1. The maximum Gasteiger partial charge on any atom is 0.150 e. The van der Waals surface area contributed by atoms with Crippen LogP contribution in [0.2, 0.25) is 0 Å². The highest BCUT2D eigenvalue weighted by Crippen LogP contribution is 2.51. The van der Waals surface area contributed by atoms with Crippen LogP contribution in [0.1, 0.15) is 161 Å². The number of unbranched alkanes of at least 4 members (excludes halogenated alkanes) is 1. The number of rotatable bonds is 10. The molecule has 2 saturated carbocycles. The number of hydrogen-bond acceptors (Lipinski definition) is 6. The van der Waals surface area contributed by atoms with Crippen molar-refractivity contribution in [2.45, 2.75) is 159 Å². The lowest BCUT2D eigenvalue weighted by molar-refractivity contribution is -0.105. The van der Waals surface area contributed by atoms with E-state index in [4.69, 9.17) is 20.2 Å². The quantitative estimate of drug-likeness (QED) is 0.127. The molecule has 4 heterocycles. The number of nitrogens with zero attached hydrogens (tertiary/aromatic N) is 2. The van der Waals surface area contributed by atoms with Gasteiger partial charge in [0.15, 0.2) is 0 Å². The lowest BCUT2D eigenvalue weighted by Gasteiger charge is -2.46. The molecule has 2 aromatic carbocycles. The molecule has 6 heteroatoms. The molecule has 57 heavy (non-hydrogen) atoms. The van der Waals surface area contributed by atoms with Crippen molar-refractivity contribution in [2.24, 2.45) is 5.73 Å². The number of carbonyl (C=O) groups excluding carboxylic acids is 1. The highest BCUT2D eigenvalue weighted by Gasteiger charge is 2.49. The summed E-state index contributed by atoms with van der Waals surface area (Å²) in [6.45, 7) is 10.5. The van der Waals surface area contributed by atoms with Gasteiger partial charge >= 0.3 is 0 Å². The maximum absolute atomic E-state index is 10.0. The van der Waals surface area contributed by atoms with Crippen LogP contribution in [0.5, 0.6) is 0 Å². The first kappa shape index (κ1) is 46.0. The summed E-state index contributed by atoms with van der Waals surface area (Å²) in [5.74, 6) is 0. The van der Waals surface area contributed by atoms with E-state index in [1.165, 1.54) is 100 Å². The van der Waals surface area contributed by atoms with Crippen LogP contribution in [0.4, 0.5) is 0 Å². The van der Waals surface area contributed by atoms with Gasteiger partial charge in [-0.3, -0.25) is 14.8 Å². The second kappa shape index (κ2) is 24.3. The van der Waals surface area contributed by atoms with Crippen molar-refractivity contribution in [3.8, 4) is 0 Å². The van der Waals surface area contributed by atoms with Gasteiger partial charge in [-0.05, 0) is 113 Å². The third kappa shape index (κ3) is 13.1. The Bertz CT molecular complexity index is 1630. The largest absolute Gasteiger partial charge is 0.375 e. The van der Waals surface area contributed by atoms with Gasteiger partial charge in [0.25, 0.3) is 0 Å². The summed E-state index contributed by atoms with van der Waals surface area (Å²) in [7, 11) is 0. The Labute approximate surface area is 348 Å². The molecular formula is C51H77N3O3.